The number of aliphatic hydroxyl groups is 1. The monoisotopic (exact) mass is 386 g/mol. The Labute approximate surface area is 163 Å². The van der Waals surface area contributed by atoms with Crippen LogP contribution in [-0.2, 0) is 19.4 Å². The van der Waals surface area contributed by atoms with Crippen LogP contribution >= 0.6 is 0 Å². The van der Waals surface area contributed by atoms with Gasteiger partial charge in [0.15, 0.2) is 0 Å². The molecule has 1 heterocycles. The van der Waals surface area contributed by atoms with Crippen LogP contribution in [0, 0.1) is 11.6 Å². The summed E-state index contributed by atoms with van der Waals surface area (Å²) in [5.41, 5.74) is 2.84. The summed E-state index contributed by atoms with van der Waals surface area (Å²) in [7, 11) is 0. The van der Waals surface area contributed by atoms with Gasteiger partial charge in [-0.05, 0) is 41.7 Å². The SMILES string of the molecule is CCc1cccc(CNC[C@@H](O)[C@H](Cc2cc(F)cc(F)c2)n2cncn2)c1. The molecular weight excluding hydrogens is 362 g/mol. The van der Waals surface area contributed by atoms with Crippen molar-refractivity contribution in [3.8, 4) is 0 Å². The summed E-state index contributed by atoms with van der Waals surface area (Å²) in [6.45, 7) is 3.02. The minimum atomic E-state index is -0.817. The number of rotatable bonds is 9. The van der Waals surface area contributed by atoms with Gasteiger partial charge >= 0.3 is 0 Å². The number of nitrogens with one attached hydrogen (secondary N) is 1. The van der Waals surface area contributed by atoms with Crippen molar-refractivity contribution in [3.63, 3.8) is 0 Å². The fourth-order valence-electron chi connectivity index (χ4n) is 3.22. The lowest BCUT2D eigenvalue weighted by Crippen LogP contribution is -2.35. The predicted octanol–water partition coefficient (Wildman–Crippen LogP) is 3.05. The first-order chi connectivity index (χ1) is 13.5. The molecule has 2 atom stereocenters. The Kier molecular flexibility index (Phi) is 6.84. The molecule has 28 heavy (non-hydrogen) atoms. The van der Waals surface area contributed by atoms with Crippen molar-refractivity contribution in [2.75, 3.05) is 6.54 Å². The molecule has 1 aromatic heterocycles. The maximum absolute atomic E-state index is 13.5. The van der Waals surface area contributed by atoms with Crippen molar-refractivity contribution in [1.82, 2.24) is 20.1 Å². The van der Waals surface area contributed by atoms with Crippen molar-refractivity contribution in [2.24, 2.45) is 0 Å². The van der Waals surface area contributed by atoms with Crippen LogP contribution in [0.3, 0.4) is 0 Å². The molecule has 5 nitrogen and oxygen atoms in total. The minimum Gasteiger partial charge on any atom is -0.390 e. The molecule has 0 aliphatic heterocycles. The zero-order chi connectivity index (χ0) is 19.9. The maximum atomic E-state index is 13.5. The zero-order valence-electron chi connectivity index (χ0n) is 15.7. The van der Waals surface area contributed by atoms with Crippen LogP contribution < -0.4 is 5.32 Å². The van der Waals surface area contributed by atoms with Gasteiger partial charge in [-0.3, -0.25) is 0 Å². The summed E-state index contributed by atoms with van der Waals surface area (Å²) in [6.07, 6.45) is 3.24. The van der Waals surface area contributed by atoms with E-state index < -0.39 is 23.8 Å². The average molecular weight is 386 g/mol. The third kappa shape index (κ3) is 5.43. The van der Waals surface area contributed by atoms with Crippen molar-refractivity contribution >= 4 is 0 Å². The van der Waals surface area contributed by atoms with E-state index in [9.17, 15) is 13.9 Å². The normalized spacial score (nSPS) is 13.4. The molecule has 0 aliphatic rings. The Bertz CT molecular complexity index is 866. The second kappa shape index (κ2) is 9.52. The maximum Gasteiger partial charge on any atom is 0.137 e. The van der Waals surface area contributed by atoms with Crippen LogP contribution in [0.1, 0.15) is 29.7 Å². The highest BCUT2D eigenvalue weighted by molar-refractivity contribution is 5.23. The molecule has 2 aromatic carbocycles. The summed E-state index contributed by atoms with van der Waals surface area (Å²) < 4.78 is 28.6. The number of benzene rings is 2. The second-order valence-electron chi connectivity index (χ2n) is 6.80. The molecule has 0 saturated carbocycles. The first kappa shape index (κ1) is 20.1. The van der Waals surface area contributed by atoms with Gasteiger partial charge in [-0.15, -0.1) is 0 Å². The topological polar surface area (TPSA) is 63.0 Å². The Morgan fingerprint density at radius 2 is 1.82 bits per heavy atom. The lowest BCUT2D eigenvalue weighted by Gasteiger charge is -2.23. The Hall–Kier alpha value is -2.64. The van der Waals surface area contributed by atoms with Crippen LogP contribution in [0.5, 0.6) is 0 Å². The van der Waals surface area contributed by atoms with Crippen molar-refractivity contribution in [1.29, 1.82) is 0 Å². The zero-order valence-corrected chi connectivity index (χ0v) is 15.7. The summed E-state index contributed by atoms with van der Waals surface area (Å²) in [5, 5.41) is 18.1. The van der Waals surface area contributed by atoms with E-state index in [4.69, 9.17) is 0 Å². The molecular formula is C21H24F2N4O. The molecule has 0 fully saturated rings. The molecule has 0 amide bonds. The number of halogens is 2. The standard InChI is InChI=1S/C21H24F2N4O/c1-2-15-4-3-5-16(6-15)11-24-12-21(28)20(27-14-25-13-26-27)9-17-7-18(22)10-19(23)8-17/h3-8,10,13-14,20-21,24,28H,2,9,11-12H2,1H3/t20-,21+/m0/s1. The van der Waals surface area contributed by atoms with E-state index in [1.54, 1.807) is 0 Å². The summed E-state index contributed by atoms with van der Waals surface area (Å²) >= 11 is 0. The number of hydrogen-bond donors (Lipinski definition) is 2. The minimum absolute atomic E-state index is 0.228. The van der Waals surface area contributed by atoms with Crippen LogP contribution in [0.15, 0.2) is 55.1 Å². The molecule has 0 spiro atoms. The van der Waals surface area contributed by atoms with Gasteiger partial charge in [0.2, 0.25) is 0 Å². The Balaban J connectivity index is 1.66. The van der Waals surface area contributed by atoms with Crippen molar-refractivity contribution in [2.45, 2.75) is 38.5 Å². The molecule has 2 N–H and O–H groups in total. The Morgan fingerprint density at radius 1 is 1.07 bits per heavy atom. The molecule has 0 bridgehead atoms. The number of nitrogens with zero attached hydrogens (tertiary/aromatic N) is 3. The smallest absolute Gasteiger partial charge is 0.137 e. The quantitative estimate of drug-likeness (QED) is 0.593. The van der Waals surface area contributed by atoms with Gasteiger partial charge in [0.05, 0.1) is 12.1 Å². The van der Waals surface area contributed by atoms with Crippen LogP contribution in [-0.4, -0.2) is 32.5 Å². The van der Waals surface area contributed by atoms with Gasteiger partial charge in [0.1, 0.15) is 24.3 Å². The third-order valence-corrected chi connectivity index (χ3v) is 4.67. The van der Waals surface area contributed by atoms with Crippen molar-refractivity contribution in [3.05, 3.63) is 83.4 Å². The molecule has 0 radical (unpaired) electrons. The predicted molar refractivity (Wildman–Crippen MR) is 103 cm³/mol. The van der Waals surface area contributed by atoms with Crippen LogP contribution in [0.2, 0.25) is 0 Å². The van der Waals surface area contributed by atoms with Gasteiger partial charge < -0.3 is 10.4 Å². The molecule has 0 unspecified atom stereocenters. The van der Waals surface area contributed by atoms with Crippen LogP contribution in [0.4, 0.5) is 8.78 Å². The van der Waals surface area contributed by atoms with E-state index in [1.807, 2.05) is 12.1 Å². The number of aromatic nitrogens is 3. The number of aliphatic hydroxyl groups excluding tert-OH is 1. The Morgan fingerprint density at radius 3 is 2.50 bits per heavy atom. The van der Waals surface area contributed by atoms with E-state index in [1.165, 1.54) is 35.0 Å². The van der Waals surface area contributed by atoms with Crippen molar-refractivity contribution < 1.29 is 13.9 Å². The van der Waals surface area contributed by atoms with Gasteiger partial charge in [-0.1, -0.05) is 31.2 Å². The average Bonchev–Trinajstić information content (AvgIpc) is 3.20. The first-order valence-corrected chi connectivity index (χ1v) is 9.31. The fourth-order valence-corrected chi connectivity index (χ4v) is 3.22. The van der Waals surface area contributed by atoms with Gasteiger partial charge in [-0.25, -0.2) is 18.4 Å². The highest BCUT2D eigenvalue weighted by atomic mass is 19.1. The van der Waals surface area contributed by atoms with Gasteiger partial charge in [0.25, 0.3) is 0 Å². The van der Waals surface area contributed by atoms with Crippen LogP contribution in [0.25, 0.3) is 0 Å². The number of aryl methyl sites for hydroxylation is 1. The summed E-state index contributed by atoms with van der Waals surface area (Å²) in [4.78, 5) is 3.92. The first-order valence-electron chi connectivity index (χ1n) is 9.31. The molecule has 3 aromatic rings. The largest absolute Gasteiger partial charge is 0.390 e. The van der Waals surface area contributed by atoms with E-state index in [0.717, 1.165) is 18.1 Å². The summed E-state index contributed by atoms with van der Waals surface area (Å²) in [6, 6.07) is 11.1. The molecule has 148 valence electrons. The van der Waals surface area contributed by atoms with E-state index in [-0.39, 0.29) is 6.42 Å². The molecule has 0 saturated heterocycles. The lowest BCUT2D eigenvalue weighted by atomic mass is 10.0. The molecule has 3 rings (SSSR count). The fraction of sp³-hybridized carbons (Fsp3) is 0.333. The third-order valence-electron chi connectivity index (χ3n) is 4.67. The number of hydrogen-bond acceptors (Lipinski definition) is 4. The van der Waals surface area contributed by atoms with E-state index in [2.05, 4.69) is 34.5 Å². The van der Waals surface area contributed by atoms with E-state index in [0.29, 0.717) is 18.7 Å². The molecule has 0 aliphatic carbocycles. The van der Waals surface area contributed by atoms with E-state index >= 15 is 0 Å². The molecule has 7 heteroatoms. The lowest BCUT2D eigenvalue weighted by molar-refractivity contribution is 0.103. The second-order valence-corrected chi connectivity index (χ2v) is 6.80. The summed E-state index contributed by atoms with van der Waals surface area (Å²) in [5.74, 6) is -1.29. The highest BCUT2D eigenvalue weighted by Crippen LogP contribution is 2.19. The van der Waals surface area contributed by atoms with Gasteiger partial charge in [-0.2, -0.15) is 5.10 Å². The van der Waals surface area contributed by atoms with Gasteiger partial charge in [0, 0.05) is 19.2 Å². The highest BCUT2D eigenvalue weighted by Gasteiger charge is 2.22.